The number of thiazole rings is 1. The monoisotopic (exact) mass is 341 g/mol. The fourth-order valence-corrected chi connectivity index (χ4v) is 5.38. The Kier molecular flexibility index (Phi) is 3.64. The molecule has 112 valence electrons. The van der Waals surface area contributed by atoms with Crippen LogP contribution in [0, 0.1) is 13.8 Å². The third kappa shape index (κ3) is 2.52. The van der Waals surface area contributed by atoms with Gasteiger partial charge in [-0.15, -0.1) is 22.7 Å². The molecular weight excluding hydrogens is 326 g/mol. The molecular formula is C13H15N3O2S3. The highest BCUT2D eigenvalue weighted by molar-refractivity contribution is 7.91. The van der Waals surface area contributed by atoms with Gasteiger partial charge >= 0.3 is 0 Å². The fourth-order valence-electron chi connectivity index (χ4n) is 2.16. The molecule has 0 aliphatic rings. The van der Waals surface area contributed by atoms with E-state index in [1.54, 1.807) is 35.9 Å². The third-order valence-corrected chi connectivity index (χ3v) is 7.35. The Morgan fingerprint density at radius 3 is 2.81 bits per heavy atom. The molecule has 5 nitrogen and oxygen atoms in total. The maximum Gasteiger partial charge on any atom is 0.252 e. The van der Waals surface area contributed by atoms with Crippen LogP contribution in [-0.4, -0.2) is 29.2 Å². The van der Waals surface area contributed by atoms with E-state index in [0.717, 1.165) is 21.2 Å². The van der Waals surface area contributed by atoms with Gasteiger partial charge in [-0.25, -0.2) is 13.4 Å². The van der Waals surface area contributed by atoms with Gasteiger partial charge in [0.1, 0.15) is 4.21 Å². The van der Waals surface area contributed by atoms with Crippen molar-refractivity contribution in [1.82, 2.24) is 13.7 Å². The van der Waals surface area contributed by atoms with E-state index in [1.165, 1.54) is 15.6 Å². The molecule has 0 aliphatic carbocycles. The number of hydrogen-bond acceptors (Lipinski definition) is 5. The van der Waals surface area contributed by atoms with Gasteiger partial charge in [0, 0.05) is 18.1 Å². The van der Waals surface area contributed by atoms with Gasteiger partial charge in [0.2, 0.25) is 0 Å². The molecule has 0 aliphatic heterocycles. The standard InChI is InChI=1S/C13H15N3O2S3/c1-9-7-16-11(10(2)14-13(16)20-9)8-15(3)21(17,18)12-5-4-6-19-12/h4-7H,8H2,1-3H3. The van der Waals surface area contributed by atoms with Crippen molar-refractivity contribution in [2.24, 2.45) is 0 Å². The number of imidazole rings is 1. The maximum absolute atomic E-state index is 12.5. The van der Waals surface area contributed by atoms with Crippen LogP contribution in [0.5, 0.6) is 0 Å². The highest BCUT2D eigenvalue weighted by atomic mass is 32.2. The van der Waals surface area contributed by atoms with Crippen LogP contribution < -0.4 is 0 Å². The summed E-state index contributed by atoms with van der Waals surface area (Å²) in [7, 11) is -1.83. The first-order valence-corrected chi connectivity index (χ1v) is 9.47. The Morgan fingerprint density at radius 2 is 2.14 bits per heavy atom. The van der Waals surface area contributed by atoms with Crippen molar-refractivity contribution in [1.29, 1.82) is 0 Å². The minimum atomic E-state index is -3.44. The summed E-state index contributed by atoms with van der Waals surface area (Å²) >= 11 is 2.84. The van der Waals surface area contributed by atoms with Gasteiger partial charge in [-0.2, -0.15) is 4.31 Å². The number of aromatic nitrogens is 2. The fraction of sp³-hybridized carbons (Fsp3) is 0.308. The van der Waals surface area contributed by atoms with Crippen molar-refractivity contribution < 1.29 is 8.42 Å². The highest BCUT2D eigenvalue weighted by Crippen LogP contribution is 2.25. The van der Waals surface area contributed by atoms with Crippen LogP contribution in [-0.2, 0) is 16.6 Å². The molecule has 3 heterocycles. The first kappa shape index (κ1) is 14.7. The van der Waals surface area contributed by atoms with Gasteiger partial charge < -0.3 is 0 Å². The Bertz CT molecular complexity index is 875. The Labute approximate surface area is 131 Å². The second-order valence-electron chi connectivity index (χ2n) is 4.83. The Morgan fingerprint density at radius 1 is 1.38 bits per heavy atom. The van der Waals surface area contributed by atoms with E-state index in [2.05, 4.69) is 4.98 Å². The lowest BCUT2D eigenvalue weighted by atomic mass is 10.3. The number of rotatable bonds is 4. The van der Waals surface area contributed by atoms with Crippen LogP contribution in [0.1, 0.15) is 16.3 Å². The van der Waals surface area contributed by atoms with Crippen LogP contribution >= 0.6 is 22.7 Å². The second-order valence-corrected chi connectivity index (χ2v) is 9.26. The van der Waals surface area contributed by atoms with Crippen LogP contribution in [0.25, 0.3) is 4.96 Å². The Hall–Kier alpha value is -1.22. The summed E-state index contributed by atoms with van der Waals surface area (Å²) < 4.78 is 28.7. The van der Waals surface area contributed by atoms with E-state index < -0.39 is 10.0 Å². The van der Waals surface area contributed by atoms with Gasteiger partial charge in [0.15, 0.2) is 4.96 Å². The largest absolute Gasteiger partial charge is 0.293 e. The molecule has 0 saturated carbocycles. The normalized spacial score (nSPS) is 12.6. The van der Waals surface area contributed by atoms with Crippen molar-refractivity contribution in [3.63, 3.8) is 0 Å². The lowest BCUT2D eigenvalue weighted by molar-refractivity contribution is 0.462. The zero-order valence-corrected chi connectivity index (χ0v) is 14.3. The van der Waals surface area contributed by atoms with Crippen LogP contribution in [0.4, 0.5) is 0 Å². The number of nitrogens with zero attached hydrogens (tertiary/aromatic N) is 3. The molecule has 0 bridgehead atoms. The first-order valence-electron chi connectivity index (χ1n) is 6.33. The molecule has 0 radical (unpaired) electrons. The molecule has 0 saturated heterocycles. The predicted molar refractivity (Wildman–Crippen MR) is 85.5 cm³/mol. The molecule has 3 aromatic rings. The van der Waals surface area contributed by atoms with Gasteiger partial charge in [-0.3, -0.25) is 4.40 Å². The lowest BCUT2D eigenvalue weighted by Gasteiger charge is -2.16. The van der Waals surface area contributed by atoms with Crippen molar-refractivity contribution >= 4 is 37.7 Å². The molecule has 3 aromatic heterocycles. The topological polar surface area (TPSA) is 54.7 Å². The molecule has 0 aromatic carbocycles. The summed E-state index contributed by atoms with van der Waals surface area (Å²) in [4.78, 5) is 6.55. The Balaban J connectivity index is 1.97. The van der Waals surface area contributed by atoms with Crippen molar-refractivity contribution in [2.75, 3.05) is 7.05 Å². The van der Waals surface area contributed by atoms with Crippen LogP contribution in [0.2, 0.25) is 0 Å². The highest BCUT2D eigenvalue weighted by Gasteiger charge is 2.24. The van der Waals surface area contributed by atoms with Crippen molar-refractivity contribution in [3.05, 3.63) is 40.0 Å². The zero-order chi connectivity index (χ0) is 15.2. The SMILES string of the molecule is Cc1cn2c(CN(C)S(=O)(=O)c3cccs3)c(C)nc2s1. The quantitative estimate of drug-likeness (QED) is 0.733. The molecule has 21 heavy (non-hydrogen) atoms. The summed E-state index contributed by atoms with van der Waals surface area (Å²) in [5, 5.41) is 1.77. The van der Waals surface area contributed by atoms with E-state index in [-0.39, 0.29) is 0 Å². The van der Waals surface area contributed by atoms with Crippen molar-refractivity contribution in [3.8, 4) is 0 Å². The summed E-state index contributed by atoms with van der Waals surface area (Å²) in [6.07, 6.45) is 2.00. The lowest BCUT2D eigenvalue weighted by Crippen LogP contribution is -2.26. The minimum Gasteiger partial charge on any atom is -0.293 e. The van der Waals surface area contributed by atoms with Crippen molar-refractivity contribution in [2.45, 2.75) is 24.6 Å². The van der Waals surface area contributed by atoms with E-state index in [4.69, 9.17) is 0 Å². The molecule has 0 unspecified atom stereocenters. The average molecular weight is 341 g/mol. The molecule has 3 rings (SSSR count). The minimum absolute atomic E-state index is 0.309. The van der Waals surface area contributed by atoms with E-state index >= 15 is 0 Å². The molecule has 0 spiro atoms. The number of aryl methyl sites for hydroxylation is 2. The first-order chi connectivity index (χ1) is 9.89. The summed E-state index contributed by atoms with van der Waals surface area (Å²) in [5.41, 5.74) is 1.78. The second kappa shape index (κ2) is 5.20. The van der Waals surface area contributed by atoms with Gasteiger partial charge in [0.25, 0.3) is 10.0 Å². The maximum atomic E-state index is 12.5. The van der Waals surface area contributed by atoms with E-state index in [0.29, 0.717) is 10.8 Å². The van der Waals surface area contributed by atoms with E-state index in [9.17, 15) is 8.42 Å². The summed E-state index contributed by atoms with van der Waals surface area (Å²) in [6.45, 7) is 4.24. The molecule has 8 heteroatoms. The summed E-state index contributed by atoms with van der Waals surface area (Å²) in [5.74, 6) is 0. The van der Waals surface area contributed by atoms with Gasteiger partial charge in [0.05, 0.1) is 17.9 Å². The molecule has 0 amide bonds. The zero-order valence-electron chi connectivity index (χ0n) is 11.9. The number of hydrogen-bond donors (Lipinski definition) is 0. The van der Waals surface area contributed by atoms with Gasteiger partial charge in [-0.1, -0.05) is 6.07 Å². The molecule has 0 atom stereocenters. The van der Waals surface area contributed by atoms with Crippen LogP contribution in [0.15, 0.2) is 27.9 Å². The molecule has 0 N–H and O–H groups in total. The predicted octanol–water partition coefficient (Wildman–Crippen LogP) is 2.89. The number of thiophene rings is 1. The number of fused-ring (bicyclic) bond motifs is 1. The third-order valence-electron chi connectivity index (χ3n) is 3.27. The summed E-state index contributed by atoms with van der Waals surface area (Å²) in [6, 6.07) is 3.37. The smallest absolute Gasteiger partial charge is 0.252 e. The van der Waals surface area contributed by atoms with Gasteiger partial charge in [-0.05, 0) is 25.3 Å². The van der Waals surface area contributed by atoms with Crippen LogP contribution in [0.3, 0.4) is 0 Å². The van der Waals surface area contributed by atoms with E-state index in [1.807, 2.05) is 24.4 Å². The average Bonchev–Trinajstić information content (AvgIpc) is 3.09. The molecule has 0 fully saturated rings. The number of sulfonamides is 1.